The van der Waals surface area contributed by atoms with E-state index in [1.807, 2.05) is 73.9 Å². The van der Waals surface area contributed by atoms with Gasteiger partial charge in [0.1, 0.15) is 0 Å². The highest BCUT2D eigenvalue weighted by molar-refractivity contribution is 6.05. The number of benzene rings is 3. The lowest BCUT2D eigenvalue weighted by molar-refractivity contribution is -0.119. The van der Waals surface area contributed by atoms with E-state index in [-0.39, 0.29) is 11.8 Å². The van der Waals surface area contributed by atoms with Gasteiger partial charge >= 0.3 is 0 Å². The largest absolute Gasteiger partial charge is 0.350 e. The zero-order valence-electron chi connectivity index (χ0n) is 19.1. The van der Waals surface area contributed by atoms with Crippen molar-refractivity contribution < 1.29 is 9.59 Å². The van der Waals surface area contributed by atoms with Crippen LogP contribution < -0.4 is 5.32 Å². The van der Waals surface area contributed by atoms with Crippen LogP contribution in [0.3, 0.4) is 0 Å². The van der Waals surface area contributed by atoms with Crippen LogP contribution in [0.5, 0.6) is 0 Å². The standard InChI is InChI=1S/C28H27N3O2/c1-4-18-11-5-9-15-23(18)29-27(32)25-20-13-6-7-14-21(20)28(33)31(3)26(25)22-17-30(2)24-16-10-8-12-19(22)24/h5-17,25-26H,4H2,1-3H3,(H,29,32)/t25-,26+/m1/s1. The molecule has 0 spiro atoms. The second-order valence-corrected chi connectivity index (χ2v) is 8.64. The highest BCUT2D eigenvalue weighted by Crippen LogP contribution is 2.45. The summed E-state index contributed by atoms with van der Waals surface area (Å²) in [5.41, 5.74) is 5.30. The average Bonchev–Trinajstić information content (AvgIpc) is 3.17. The van der Waals surface area contributed by atoms with Crippen molar-refractivity contribution in [3.05, 3.63) is 101 Å². The Morgan fingerprint density at radius 1 is 0.909 bits per heavy atom. The Kier molecular flexibility index (Phi) is 5.25. The van der Waals surface area contributed by atoms with Crippen LogP contribution in [-0.4, -0.2) is 28.3 Å². The average molecular weight is 438 g/mol. The van der Waals surface area contributed by atoms with Gasteiger partial charge < -0.3 is 14.8 Å². The quantitative estimate of drug-likeness (QED) is 0.472. The third-order valence-corrected chi connectivity index (χ3v) is 6.76. The molecule has 1 aromatic heterocycles. The van der Waals surface area contributed by atoms with Crippen molar-refractivity contribution >= 4 is 28.4 Å². The van der Waals surface area contributed by atoms with Crippen molar-refractivity contribution in [3.63, 3.8) is 0 Å². The maximum Gasteiger partial charge on any atom is 0.254 e. The number of aromatic nitrogens is 1. The van der Waals surface area contributed by atoms with E-state index in [1.165, 1.54) is 0 Å². The number of amides is 2. The molecule has 4 aromatic rings. The number of para-hydroxylation sites is 2. The summed E-state index contributed by atoms with van der Waals surface area (Å²) in [7, 11) is 3.79. The molecule has 5 rings (SSSR count). The van der Waals surface area contributed by atoms with Crippen molar-refractivity contribution in [3.8, 4) is 0 Å². The summed E-state index contributed by atoms with van der Waals surface area (Å²) in [6.07, 6.45) is 2.87. The smallest absolute Gasteiger partial charge is 0.254 e. The number of hydrogen-bond donors (Lipinski definition) is 1. The molecule has 166 valence electrons. The van der Waals surface area contributed by atoms with E-state index in [0.717, 1.165) is 39.7 Å². The van der Waals surface area contributed by atoms with Crippen LogP contribution in [0.1, 0.15) is 45.9 Å². The van der Waals surface area contributed by atoms with Crippen molar-refractivity contribution in [1.29, 1.82) is 0 Å². The van der Waals surface area contributed by atoms with Gasteiger partial charge in [0.05, 0.1) is 12.0 Å². The molecule has 5 heteroatoms. The van der Waals surface area contributed by atoms with E-state index in [9.17, 15) is 9.59 Å². The Balaban J connectivity index is 1.68. The van der Waals surface area contributed by atoms with Gasteiger partial charge in [-0.25, -0.2) is 0 Å². The molecule has 2 atom stereocenters. The van der Waals surface area contributed by atoms with Gasteiger partial charge in [0, 0.05) is 48.0 Å². The van der Waals surface area contributed by atoms with Crippen LogP contribution in [0.15, 0.2) is 79.0 Å². The number of likely N-dealkylation sites (N-methyl/N-ethyl adjacent to an activating group) is 1. The number of fused-ring (bicyclic) bond motifs is 2. The van der Waals surface area contributed by atoms with Crippen LogP contribution >= 0.6 is 0 Å². The fourth-order valence-electron chi connectivity index (χ4n) is 5.12. The van der Waals surface area contributed by atoms with Crippen LogP contribution in [0.25, 0.3) is 10.9 Å². The van der Waals surface area contributed by atoms with Crippen molar-refractivity contribution in [2.45, 2.75) is 25.3 Å². The van der Waals surface area contributed by atoms with Gasteiger partial charge in [0.15, 0.2) is 0 Å². The van der Waals surface area contributed by atoms with E-state index in [2.05, 4.69) is 28.9 Å². The van der Waals surface area contributed by atoms with E-state index >= 15 is 0 Å². The monoisotopic (exact) mass is 437 g/mol. The third-order valence-electron chi connectivity index (χ3n) is 6.76. The molecular formula is C28H27N3O2. The SMILES string of the molecule is CCc1ccccc1NC(=O)[C@@H]1c2ccccc2C(=O)N(C)[C@H]1c1cn(C)c2ccccc12. The second-order valence-electron chi connectivity index (χ2n) is 8.64. The Hall–Kier alpha value is -3.86. The first kappa shape index (κ1) is 21.0. The molecule has 3 aromatic carbocycles. The predicted molar refractivity (Wildman–Crippen MR) is 131 cm³/mol. The number of rotatable bonds is 4. The summed E-state index contributed by atoms with van der Waals surface area (Å²) >= 11 is 0. The molecule has 1 aliphatic rings. The van der Waals surface area contributed by atoms with E-state index in [1.54, 1.807) is 11.9 Å². The normalized spacial score (nSPS) is 17.8. The zero-order chi connectivity index (χ0) is 23.1. The molecule has 1 N–H and O–H groups in total. The van der Waals surface area contributed by atoms with Gasteiger partial charge in [-0.2, -0.15) is 0 Å². The van der Waals surface area contributed by atoms with Gasteiger partial charge in [0.25, 0.3) is 5.91 Å². The lowest BCUT2D eigenvalue weighted by Crippen LogP contribution is -2.44. The highest BCUT2D eigenvalue weighted by Gasteiger charge is 2.43. The minimum Gasteiger partial charge on any atom is -0.350 e. The summed E-state index contributed by atoms with van der Waals surface area (Å²) in [5, 5.41) is 4.23. The molecule has 0 saturated carbocycles. The molecule has 0 aliphatic carbocycles. The zero-order valence-corrected chi connectivity index (χ0v) is 19.1. The second kappa shape index (κ2) is 8.24. The Bertz CT molecular complexity index is 1370. The van der Waals surface area contributed by atoms with Crippen molar-refractivity contribution in [1.82, 2.24) is 9.47 Å². The lowest BCUT2D eigenvalue weighted by atomic mass is 9.79. The first-order valence-corrected chi connectivity index (χ1v) is 11.3. The van der Waals surface area contributed by atoms with Crippen LogP contribution in [0.4, 0.5) is 5.69 Å². The number of carbonyl (C=O) groups excluding carboxylic acids is 2. The first-order valence-electron chi connectivity index (χ1n) is 11.3. The lowest BCUT2D eigenvalue weighted by Gasteiger charge is -2.39. The number of hydrogen-bond acceptors (Lipinski definition) is 2. The molecule has 0 radical (unpaired) electrons. The molecule has 2 heterocycles. The van der Waals surface area contributed by atoms with Crippen molar-refractivity contribution in [2.24, 2.45) is 7.05 Å². The first-order chi connectivity index (χ1) is 16.0. The Morgan fingerprint density at radius 2 is 1.61 bits per heavy atom. The Morgan fingerprint density at radius 3 is 2.42 bits per heavy atom. The molecule has 5 nitrogen and oxygen atoms in total. The Labute approximate surface area is 193 Å². The number of aryl methyl sites for hydroxylation is 2. The maximum absolute atomic E-state index is 13.9. The van der Waals surface area contributed by atoms with Gasteiger partial charge in [-0.05, 0) is 35.7 Å². The molecular weight excluding hydrogens is 410 g/mol. The van der Waals surface area contributed by atoms with Crippen molar-refractivity contribution in [2.75, 3.05) is 12.4 Å². The van der Waals surface area contributed by atoms with Gasteiger partial charge in [-0.3, -0.25) is 9.59 Å². The highest BCUT2D eigenvalue weighted by atomic mass is 16.2. The molecule has 0 unspecified atom stereocenters. The molecule has 1 aliphatic heterocycles. The third kappa shape index (κ3) is 3.41. The minimum absolute atomic E-state index is 0.0680. The van der Waals surface area contributed by atoms with Gasteiger partial charge in [-0.1, -0.05) is 61.5 Å². The van der Waals surface area contributed by atoms with Crippen LogP contribution in [-0.2, 0) is 18.3 Å². The fraction of sp³-hybridized carbons (Fsp3) is 0.214. The van der Waals surface area contributed by atoms with E-state index in [4.69, 9.17) is 0 Å². The summed E-state index contributed by atoms with van der Waals surface area (Å²) < 4.78 is 2.06. The summed E-state index contributed by atoms with van der Waals surface area (Å²) in [5.74, 6) is -0.721. The number of anilines is 1. The molecule has 0 bridgehead atoms. The number of nitrogens with one attached hydrogen (secondary N) is 1. The topological polar surface area (TPSA) is 54.3 Å². The van der Waals surface area contributed by atoms with Crippen LogP contribution in [0, 0.1) is 0 Å². The summed E-state index contributed by atoms with van der Waals surface area (Å²) in [6.45, 7) is 2.08. The van der Waals surface area contributed by atoms with E-state index < -0.39 is 12.0 Å². The van der Waals surface area contributed by atoms with E-state index in [0.29, 0.717) is 5.56 Å². The summed E-state index contributed by atoms with van der Waals surface area (Å²) in [4.78, 5) is 29.0. The molecule has 0 fully saturated rings. The fourth-order valence-corrected chi connectivity index (χ4v) is 5.12. The minimum atomic E-state index is -0.542. The summed E-state index contributed by atoms with van der Waals surface area (Å²) in [6, 6.07) is 23.1. The van der Waals surface area contributed by atoms with Gasteiger partial charge in [0.2, 0.25) is 5.91 Å². The molecule has 2 amide bonds. The maximum atomic E-state index is 13.9. The van der Waals surface area contributed by atoms with Crippen LogP contribution in [0.2, 0.25) is 0 Å². The molecule has 33 heavy (non-hydrogen) atoms. The number of carbonyl (C=O) groups is 2. The molecule has 0 saturated heterocycles. The number of nitrogens with zero attached hydrogens (tertiary/aromatic N) is 2. The predicted octanol–water partition coefficient (Wildman–Crippen LogP) is 5.29. The van der Waals surface area contributed by atoms with Gasteiger partial charge in [-0.15, -0.1) is 0 Å².